The first kappa shape index (κ1) is 17.8. The van der Waals surface area contributed by atoms with Crippen LogP contribution in [0, 0.1) is 0 Å². The van der Waals surface area contributed by atoms with Crippen LogP contribution in [-0.4, -0.2) is 38.7 Å². The highest BCUT2D eigenvalue weighted by molar-refractivity contribution is 5.96. The molecule has 6 nitrogen and oxygen atoms in total. The number of hydrogen-bond acceptors (Lipinski definition) is 5. The fourth-order valence-corrected chi connectivity index (χ4v) is 2.02. The molecule has 0 saturated heterocycles. The molecule has 0 atom stereocenters. The number of amides is 1. The van der Waals surface area contributed by atoms with E-state index in [4.69, 9.17) is 14.2 Å². The maximum Gasteiger partial charge on any atom is 0.346 e. The standard InChI is InChI=1S/C16H23NO5/c1-5-11(6-2)17-14(18)10-22-16(19)15-12(20-3)8-7-9-13(15)21-4/h7-9,11H,5-6,10H2,1-4H3,(H,17,18). The maximum atomic E-state index is 12.2. The third-order valence-electron chi connectivity index (χ3n) is 3.32. The Hall–Kier alpha value is -2.24. The number of carbonyl (C=O) groups is 2. The molecule has 1 aromatic rings. The van der Waals surface area contributed by atoms with Crippen molar-refractivity contribution in [2.45, 2.75) is 32.7 Å². The normalized spacial score (nSPS) is 10.2. The van der Waals surface area contributed by atoms with E-state index in [-0.39, 0.29) is 24.1 Å². The third-order valence-corrected chi connectivity index (χ3v) is 3.32. The highest BCUT2D eigenvalue weighted by Gasteiger charge is 2.21. The van der Waals surface area contributed by atoms with Crippen LogP contribution in [0.1, 0.15) is 37.0 Å². The van der Waals surface area contributed by atoms with E-state index >= 15 is 0 Å². The van der Waals surface area contributed by atoms with E-state index in [1.807, 2.05) is 13.8 Å². The van der Waals surface area contributed by atoms with Crippen LogP contribution in [0.4, 0.5) is 0 Å². The Bertz CT molecular complexity index is 489. The lowest BCUT2D eigenvalue weighted by molar-refractivity contribution is -0.125. The molecule has 6 heteroatoms. The number of esters is 1. The molecule has 0 aliphatic heterocycles. The number of hydrogen-bond donors (Lipinski definition) is 1. The summed E-state index contributed by atoms with van der Waals surface area (Å²) in [6.07, 6.45) is 1.66. The minimum atomic E-state index is -0.658. The Morgan fingerprint density at radius 3 is 2.09 bits per heavy atom. The van der Waals surface area contributed by atoms with Crippen molar-refractivity contribution < 1.29 is 23.8 Å². The van der Waals surface area contributed by atoms with E-state index in [1.165, 1.54) is 14.2 Å². The van der Waals surface area contributed by atoms with Crippen LogP contribution in [0.25, 0.3) is 0 Å². The second kappa shape index (κ2) is 8.92. The summed E-state index contributed by atoms with van der Waals surface area (Å²) in [4.78, 5) is 23.9. The Balaban J connectivity index is 2.72. The monoisotopic (exact) mass is 309 g/mol. The van der Waals surface area contributed by atoms with Gasteiger partial charge in [0.2, 0.25) is 0 Å². The van der Waals surface area contributed by atoms with Gasteiger partial charge in [0.05, 0.1) is 14.2 Å². The molecule has 0 saturated carbocycles. The van der Waals surface area contributed by atoms with Gasteiger partial charge >= 0.3 is 5.97 Å². The number of nitrogens with one attached hydrogen (secondary N) is 1. The molecule has 0 aromatic heterocycles. The summed E-state index contributed by atoms with van der Waals surface area (Å²) in [5.74, 6) is -0.306. The highest BCUT2D eigenvalue weighted by Crippen LogP contribution is 2.28. The van der Waals surface area contributed by atoms with Crippen LogP contribution in [0.3, 0.4) is 0 Å². The number of benzene rings is 1. The van der Waals surface area contributed by atoms with Crippen molar-refractivity contribution in [1.82, 2.24) is 5.32 Å². The molecule has 1 rings (SSSR count). The third kappa shape index (κ3) is 4.65. The van der Waals surface area contributed by atoms with Gasteiger partial charge in [0.1, 0.15) is 17.1 Å². The van der Waals surface area contributed by atoms with Gasteiger partial charge in [-0.25, -0.2) is 4.79 Å². The van der Waals surface area contributed by atoms with Crippen molar-refractivity contribution in [2.24, 2.45) is 0 Å². The van der Waals surface area contributed by atoms with Crippen molar-refractivity contribution >= 4 is 11.9 Å². The van der Waals surface area contributed by atoms with E-state index in [1.54, 1.807) is 18.2 Å². The number of ether oxygens (including phenoxy) is 3. The SMILES string of the molecule is CCC(CC)NC(=O)COC(=O)c1c(OC)cccc1OC. The Kier molecular flexibility index (Phi) is 7.22. The van der Waals surface area contributed by atoms with E-state index in [0.29, 0.717) is 11.5 Å². The summed E-state index contributed by atoms with van der Waals surface area (Å²) >= 11 is 0. The van der Waals surface area contributed by atoms with Crippen LogP contribution in [0.15, 0.2) is 18.2 Å². The molecule has 0 bridgehead atoms. The summed E-state index contributed by atoms with van der Waals surface area (Å²) in [7, 11) is 2.90. The van der Waals surface area contributed by atoms with Crippen molar-refractivity contribution in [3.8, 4) is 11.5 Å². The van der Waals surface area contributed by atoms with E-state index < -0.39 is 5.97 Å². The first-order valence-corrected chi connectivity index (χ1v) is 7.24. The molecular weight excluding hydrogens is 286 g/mol. The Morgan fingerprint density at radius 2 is 1.64 bits per heavy atom. The van der Waals surface area contributed by atoms with Gasteiger partial charge in [-0.05, 0) is 25.0 Å². The van der Waals surface area contributed by atoms with Crippen LogP contribution >= 0.6 is 0 Å². The summed E-state index contributed by atoms with van der Waals surface area (Å²) in [6, 6.07) is 5.05. The molecule has 122 valence electrons. The lowest BCUT2D eigenvalue weighted by Gasteiger charge is -2.15. The minimum absolute atomic E-state index is 0.0898. The lowest BCUT2D eigenvalue weighted by Crippen LogP contribution is -2.36. The van der Waals surface area contributed by atoms with Crippen molar-refractivity contribution in [3.63, 3.8) is 0 Å². The number of methoxy groups -OCH3 is 2. The summed E-state index contributed by atoms with van der Waals surface area (Å²) in [5.41, 5.74) is 0.169. The zero-order valence-corrected chi connectivity index (χ0v) is 13.5. The van der Waals surface area contributed by atoms with Gasteiger partial charge in [0.15, 0.2) is 6.61 Å². The second-order valence-corrected chi connectivity index (χ2v) is 4.69. The average molecular weight is 309 g/mol. The van der Waals surface area contributed by atoms with Crippen LogP contribution in [0.5, 0.6) is 11.5 Å². The zero-order valence-electron chi connectivity index (χ0n) is 13.5. The molecule has 1 aromatic carbocycles. The Labute approximate surface area is 130 Å². The molecule has 0 aliphatic carbocycles. The van der Waals surface area contributed by atoms with Gasteiger partial charge in [-0.15, -0.1) is 0 Å². The topological polar surface area (TPSA) is 73.9 Å². The fraction of sp³-hybridized carbons (Fsp3) is 0.500. The largest absolute Gasteiger partial charge is 0.496 e. The van der Waals surface area contributed by atoms with Crippen LogP contribution in [0.2, 0.25) is 0 Å². The molecular formula is C16H23NO5. The molecule has 0 radical (unpaired) electrons. The average Bonchev–Trinajstić information content (AvgIpc) is 2.56. The molecule has 0 unspecified atom stereocenters. The summed E-state index contributed by atoms with van der Waals surface area (Å²) < 4.78 is 15.3. The van der Waals surface area contributed by atoms with Gasteiger partial charge in [0, 0.05) is 6.04 Å². The first-order chi connectivity index (χ1) is 10.6. The van der Waals surface area contributed by atoms with Crippen LogP contribution in [-0.2, 0) is 9.53 Å². The Morgan fingerprint density at radius 1 is 1.09 bits per heavy atom. The predicted molar refractivity (Wildman–Crippen MR) is 82.3 cm³/mol. The minimum Gasteiger partial charge on any atom is -0.496 e. The van der Waals surface area contributed by atoms with E-state index in [0.717, 1.165) is 12.8 Å². The summed E-state index contributed by atoms with van der Waals surface area (Å²) in [5, 5.41) is 2.80. The molecule has 0 heterocycles. The van der Waals surface area contributed by atoms with Gasteiger partial charge in [-0.2, -0.15) is 0 Å². The summed E-state index contributed by atoms with van der Waals surface area (Å²) in [6.45, 7) is 3.64. The predicted octanol–water partition coefficient (Wildman–Crippen LogP) is 2.17. The van der Waals surface area contributed by atoms with Gasteiger partial charge in [-0.1, -0.05) is 19.9 Å². The maximum absolute atomic E-state index is 12.2. The van der Waals surface area contributed by atoms with Crippen molar-refractivity contribution in [3.05, 3.63) is 23.8 Å². The fourth-order valence-electron chi connectivity index (χ4n) is 2.02. The number of carbonyl (C=O) groups excluding carboxylic acids is 2. The lowest BCUT2D eigenvalue weighted by atomic mass is 10.1. The van der Waals surface area contributed by atoms with E-state index in [2.05, 4.69) is 5.32 Å². The van der Waals surface area contributed by atoms with Crippen molar-refractivity contribution in [2.75, 3.05) is 20.8 Å². The first-order valence-electron chi connectivity index (χ1n) is 7.24. The zero-order chi connectivity index (χ0) is 16.5. The van der Waals surface area contributed by atoms with Crippen molar-refractivity contribution in [1.29, 1.82) is 0 Å². The van der Waals surface area contributed by atoms with Gasteiger partial charge < -0.3 is 19.5 Å². The quantitative estimate of drug-likeness (QED) is 0.745. The number of rotatable bonds is 8. The van der Waals surface area contributed by atoms with Gasteiger partial charge in [-0.3, -0.25) is 4.79 Å². The molecule has 1 amide bonds. The van der Waals surface area contributed by atoms with E-state index in [9.17, 15) is 9.59 Å². The smallest absolute Gasteiger partial charge is 0.346 e. The van der Waals surface area contributed by atoms with Gasteiger partial charge in [0.25, 0.3) is 5.91 Å². The second-order valence-electron chi connectivity index (χ2n) is 4.69. The molecule has 0 aliphatic rings. The highest BCUT2D eigenvalue weighted by atomic mass is 16.5. The molecule has 0 spiro atoms. The van der Waals surface area contributed by atoms with Crippen LogP contribution < -0.4 is 14.8 Å². The molecule has 1 N–H and O–H groups in total. The molecule has 22 heavy (non-hydrogen) atoms. The molecule has 0 fully saturated rings.